The third kappa shape index (κ3) is 5.04. The summed E-state index contributed by atoms with van der Waals surface area (Å²) >= 11 is 6.14. The van der Waals surface area contributed by atoms with E-state index in [4.69, 9.17) is 21.1 Å². The Balaban J connectivity index is 1.64. The summed E-state index contributed by atoms with van der Waals surface area (Å²) in [5.74, 6) is 0.345. The van der Waals surface area contributed by atoms with Crippen LogP contribution in [0.3, 0.4) is 0 Å². The number of carbonyl (C=O) groups excluding carboxylic acids is 2. The van der Waals surface area contributed by atoms with Gasteiger partial charge in [-0.25, -0.2) is 4.79 Å². The molecule has 0 fully saturated rings. The molecule has 0 N–H and O–H groups in total. The highest BCUT2D eigenvalue weighted by Crippen LogP contribution is 2.26. The average molecular weight is 409 g/mol. The molecule has 148 valence electrons. The second-order valence-corrected chi connectivity index (χ2v) is 7.19. The van der Waals surface area contributed by atoms with Crippen molar-refractivity contribution in [1.29, 1.82) is 0 Å². The molecule has 0 radical (unpaired) electrons. The first-order chi connectivity index (χ1) is 13.8. The highest BCUT2D eigenvalue weighted by Gasteiger charge is 2.13. The van der Waals surface area contributed by atoms with Gasteiger partial charge in [-0.05, 0) is 67.8 Å². The number of ketones is 1. The Labute approximate surface area is 175 Å². The first-order valence-corrected chi connectivity index (χ1v) is 9.53. The highest BCUT2D eigenvalue weighted by molar-refractivity contribution is 6.32. The molecule has 0 unspecified atom stereocenters. The molecule has 0 bridgehead atoms. The molecule has 0 aliphatic heterocycles. The van der Waals surface area contributed by atoms with Crippen LogP contribution in [0.1, 0.15) is 32.6 Å². The van der Waals surface area contributed by atoms with Gasteiger partial charge in [0.1, 0.15) is 11.5 Å². The van der Waals surface area contributed by atoms with Crippen molar-refractivity contribution >= 4 is 23.4 Å². The highest BCUT2D eigenvalue weighted by atomic mass is 35.5. The van der Waals surface area contributed by atoms with Crippen LogP contribution in [0.5, 0.6) is 11.5 Å². The molecule has 3 aromatic rings. The van der Waals surface area contributed by atoms with E-state index in [0.717, 1.165) is 11.1 Å². The first-order valence-electron chi connectivity index (χ1n) is 9.16. The SMILES string of the molecule is Cc1cc(C(=O)c2ccccc2)ccc1OC(=O)COc1cc(C)c(Cl)c(C)c1. The van der Waals surface area contributed by atoms with Crippen LogP contribution in [0.25, 0.3) is 0 Å². The Hall–Kier alpha value is -3.11. The van der Waals surface area contributed by atoms with Gasteiger partial charge in [0, 0.05) is 16.1 Å². The van der Waals surface area contributed by atoms with Crippen molar-refractivity contribution in [2.75, 3.05) is 6.61 Å². The number of ether oxygens (including phenoxy) is 2. The fraction of sp³-hybridized carbons (Fsp3) is 0.167. The number of hydrogen-bond donors (Lipinski definition) is 0. The van der Waals surface area contributed by atoms with Gasteiger partial charge in [-0.3, -0.25) is 4.79 Å². The van der Waals surface area contributed by atoms with Crippen LogP contribution in [0.2, 0.25) is 5.02 Å². The molecular formula is C24H21ClO4. The molecule has 0 amide bonds. The summed E-state index contributed by atoms with van der Waals surface area (Å²) in [5.41, 5.74) is 3.60. The molecule has 0 aliphatic rings. The van der Waals surface area contributed by atoms with E-state index in [1.165, 1.54) is 0 Å². The van der Waals surface area contributed by atoms with Gasteiger partial charge in [0.2, 0.25) is 0 Å². The van der Waals surface area contributed by atoms with Crippen molar-refractivity contribution in [1.82, 2.24) is 0 Å². The second-order valence-electron chi connectivity index (χ2n) is 6.81. The summed E-state index contributed by atoms with van der Waals surface area (Å²) in [6, 6.07) is 17.6. The lowest BCUT2D eigenvalue weighted by atomic mass is 10.0. The van der Waals surface area contributed by atoms with Gasteiger partial charge < -0.3 is 9.47 Å². The predicted octanol–water partition coefficient (Wildman–Crippen LogP) is 5.48. The number of hydrogen-bond acceptors (Lipinski definition) is 4. The molecule has 0 spiro atoms. The monoisotopic (exact) mass is 408 g/mol. The fourth-order valence-electron chi connectivity index (χ4n) is 2.95. The van der Waals surface area contributed by atoms with E-state index >= 15 is 0 Å². The fourth-order valence-corrected chi connectivity index (χ4v) is 3.05. The predicted molar refractivity (Wildman–Crippen MR) is 113 cm³/mol. The lowest BCUT2D eigenvalue weighted by Crippen LogP contribution is -2.18. The molecule has 0 aliphatic carbocycles. The molecule has 29 heavy (non-hydrogen) atoms. The third-order valence-electron chi connectivity index (χ3n) is 4.46. The van der Waals surface area contributed by atoms with E-state index in [-0.39, 0.29) is 12.4 Å². The smallest absolute Gasteiger partial charge is 0.349 e. The Bertz CT molecular complexity index is 1030. The molecule has 4 nitrogen and oxygen atoms in total. The second kappa shape index (κ2) is 8.93. The normalized spacial score (nSPS) is 10.5. The van der Waals surface area contributed by atoms with Crippen molar-refractivity contribution in [3.63, 3.8) is 0 Å². The Morgan fingerprint density at radius 1 is 0.828 bits per heavy atom. The number of aryl methyl sites for hydroxylation is 3. The first kappa shape index (κ1) is 20.6. The van der Waals surface area contributed by atoms with Gasteiger partial charge in [-0.2, -0.15) is 0 Å². The van der Waals surface area contributed by atoms with Crippen LogP contribution in [0.15, 0.2) is 60.7 Å². The van der Waals surface area contributed by atoms with Crippen molar-refractivity contribution in [2.45, 2.75) is 20.8 Å². The summed E-state index contributed by atoms with van der Waals surface area (Å²) in [4.78, 5) is 24.7. The van der Waals surface area contributed by atoms with E-state index in [1.54, 1.807) is 49.4 Å². The quantitative estimate of drug-likeness (QED) is 0.308. The lowest BCUT2D eigenvalue weighted by molar-refractivity contribution is -0.136. The minimum absolute atomic E-state index is 0.0802. The van der Waals surface area contributed by atoms with Crippen LogP contribution < -0.4 is 9.47 Å². The number of benzene rings is 3. The maximum Gasteiger partial charge on any atom is 0.349 e. The van der Waals surface area contributed by atoms with Crippen LogP contribution in [0.4, 0.5) is 0 Å². The summed E-state index contributed by atoms with van der Waals surface area (Å²) < 4.78 is 10.9. The molecule has 3 aromatic carbocycles. The summed E-state index contributed by atoms with van der Waals surface area (Å²) in [5, 5.41) is 0.681. The van der Waals surface area contributed by atoms with Gasteiger partial charge in [-0.1, -0.05) is 41.9 Å². The Morgan fingerprint density at radius 3 is 2.10 bits per heavy atom. The van der Waals surface area contributed by atoms with Crippen LogP contribution in [0, 0.1) is 20.8 Å². The van der Waals surface area contributed by atoms with Crippen LogP contribution in [-0.2, 0) is 4.79 Å². The van der Waals surface area contributed by atoms with E-state index in [0.29, 0.717) is 33.2 Å². The summed E-state index contributed by atoms with van der Waals surface area (Å²) in [6.45, 7) is 5.31. The largest absolute Gasteiger partial charge is 0.482 e. The minimum Gasteiger partial charge on any atom is -0.482 e. The molecular weight excluding hydrogens is 388 g/mol. The van der Waals surface area contributed by atoms with E-state index < -0.39 is 5.97 Å². The molecule has 0 saturated heterocycles. The van der Waals surface area contributed by atoms with Gasteiger partial charge >= 0.3 is 5.97 Å². The topological polar surface area (TPSA) is 52.6 Å². The standard InChI is InChI=1S/C24H21ClO4/c1-15-11-19(24(27)18-7-5-4-6-8-18)9-10-21(15)29-22(26)14-28-20-12-16(2)23(25)17(3)13-20/h4-13H,14H2,1-3H3. The van der Waals surface area contributed by atoms with Gasteiger partial charge in [0.15, 0.2) is 12.4 Å². The molecule has 5 heteroatoms. The zero-order chi connectivity index (χ0) is 21.0. The van der Waals surface area contributed by atoms with Crippen LogP contribution >= 0.6 is 11.6 Å². The zero-order valence-corrected chi connectivity index (χ0v) is 17.2. The number of carbonyl (C=O) groups is 2. The zero-order valence-electron chi connectivity index (χ0n) is 16.5. The molecule has 3 rings (SSSR count). The molecule has 0 aromatic heterocycles. The van der Waals surface area contributed by atoms with E-state index in [1.807, 2.05) is 32.0 Å². The average Bonchev–Trinajstić information content (AvgIpc) is 2.72. The van der Waals surface area contributed by atoms with Gasteiger partial charge in [0.25, 0.3) is 0 Å². The van der Waals surface area contributed by atoms with E-state index in [9.17, 15) is 9.59 Å². The Morgan fingerprint density at radius 2 is 1.48 bits per heavy atom. The van der Waals surface area contributed by atoms with Gasteiger partial charge in [0.05, 0.1) is 0 Å². The van der Waals surface area contributed by atoms with Crippen molar-refractivity contribution in [3.05, 3.63) is 93.5 Å². The maximum atomic E-state index is 12.5. The van der Waals surface area contributed by atoms with Gasteiger partial charge in [-0.15, -0.1) is 0 Å². The maximum absolute atomic E-state index is 12.5. The van der Waals surface area contributed by atoms with Crippen LogP contribution in [-0.4, -0.2) is 18.4 Å². The summed E-state index contributed by atoms with van der Waals surface area (Å²) in [6.07, 6.45) is 0. The summed E-state index contributed by atoms with van der Waals surface area (Å²) in [7, 11) is 0. The lowest BCUT2D eigenvalue weighted by Gasteiger charge is -2.11. The van der Waals surface area contributed by atoms with E-state index in [2.05, 4.69) is 0 Å². The molecule has 0 saturated carbocycles. The third-order valence-corrected chi connectivity index (χ3v) is 5.06. The Kier molecular flexibility index (Phi) is 6.35. The number of esters is 1. The minimum atomic E-state index is -0.527. The molecule has 0 heterocycles. The number of halogens is 1. The van der Waals surface area contributed by atoms with Crippen molar-refractivity contribution in [2.24, 2.45) is 0 Å². The van der Waals surface area contributed by atoms with Crippen molar-refractivity contribution < 1.29 is 19.1 Å². The number of rotatable bonds is 6. The molecule has 0 atom stereocenters. The van der Waals surface area contributed by atoms with Crippen molar-refractivity contribution in [3.8, 4) is 11.5 Å².